The Kier molecular flexibility index (Phi) is 3.66. The smallest absolute Gasteiger partial charge is 0.339 e. The van der Waals surface area contributed by atoms with Crippen LogP contribution in [-0.4, -0.2) is 17.7 Å². The molecule has 0 fully saturated rings. The third kappa shape index (κ3) is 2.94. The SMILES string of the molecule is CC(C)COc1c(F)cccc1C(=O)O. The Morgan fingerprint density at radius 2 is 2.20 bits per heavy atom. The van der Waals surface area contributed by atoms with Crippen molar-refractivity contribution in [3.8, 4) is 5.75 Å². The van der Waals surface area contributed by atoms with Crippen LogP contribution in [0, 0.1) is 11.7 Å². The Hall–Kier alpha value is -1.58. The molecule has 4 heteroatoms. The lowest BCUT2D eigenvalue weighted by Gasteiger charge is -2.11. The number of carbonyl (C=O) groups is 1. The summed E-state index contributed by atoms with van der Waals surface area (Å²) in [6.45, 7) is 4.10. The lowest BCUT2D eigenvalue weighted by atomic mass is 10.2. The van der Waals surface area contributed by atoms with Crippen molar-refractivity contribution >= 4 is 5.97 Å². The standard InChI is InChI=1S/C11H13FO3/c1-7(2)6-15-10-8(11(13)14)4-3-5-9(10)12/h3-5,7H,6H2,1-2H3,(H,13,14). The van der Waals surface area contributed by atoms with E-state index in [1.54, 1.807) is 0 Å². The molecule has 0 aliphatic heterocycles. The lowest BCUT2D eigenvalue weighted by molar-refractivity contribution is 0.0690. The molecule has 0 amide bonds. The predicted molar refractivity (Wildman–Crippen MR) is 53.7 cm³/mol. The number of hydrogen-bond acceptors (Lipinski definition) is 2. The number of rotatable bonds is 4. The van der Waals surface area contributed by atoms with Gasteiger partial charge in [0.2, 0.25) is 0 Å². The second-order valence-corrected chi connectivity index (χ2v) is 3.63. The van der Waals surface area contributed by atoms with Gasteiger partial charge in [-0.2, -0.15) is 0 Å². The van der Waals surface area contributed by atoms with Gasteiger partial charge >= 0.3 is 5.97 Å². The fourth-order valence-electron chi connectivity index (χ4n) is 1.07. The van der Waals surface area contributed by atoms with Gasteiger partial charge in [0.25, 0.3) is 0 Å². The maximum Gasteiger partial charge on any atom is 0.339 e. The molecule has 0 aliphatic carbocycles. The first-order valence-corrected chi connectivity index (χ1v) is 4.67. The number of para-hydroxylation sites is 1. The molecule has 15 heavy (non-hydrogen) atoms. The summed E-state index contributed by atoms with van der Waals surface area (Å²) in [5.41, 5.74) is -0.143. The first-order chi connectivity index (χ1) is 7.02. The minimum absolute atomic E-state index is 0.143. The quantitative estimate of drug-likeness (QED) is 0.834. The molecule has 0 spiro atoms. The van der Waals surface area contributed by atoms with Crippen molar-refractivity contribution in [1.82, 2.24) is 0 Å². The van der Waals surface area contributed by atoms with Gasteiger partial charge in [0.1, 0.15) is 5.56 Å². The van der Waals surface area contributed by atoms with Crippen LogP contribution >= 0.6 is 0 Å². The largest absolute Gasteiger partial charge is 0.489 e. The summed E-state index contributed by atoms with van der Waals surface area (Å²) in [4.78, 5) is 10.8. The van der Waals surface area contributed by atoms with Crippen LogP contribution < -0.4 is 4.74 Å². The summed E-state index contributed by atoms with van der Waals surface area (Å²) in [6, 6.07) is 3.85. The average Bonchev–Trinajstić information content (AvgIpc) is 2.15. The van der Waals surface area contributed by atoms with E-state index in [1.165, 1.54) is 18.2 Å². The fraction of sp³-hybridized carbons (Fsp3) is 0.364. The third-order valence-corrected chi connectivity index (χ3v) is 1.76. The number of aromatic carboxylic acids is 1. The highest BCUT2D eigenvalue weighted by Crippen LogP contribution is 2.23. The molecule has 82 valence electrons. The highest BCUT2D eigenvalue weighted by atomic mass is 19.1. The molecular formula is C11H13FO3. The Morgan fingerprint density at radius 1 is 1.53 bits per heavy atom. The summed E-state index contributed by atoms with van der Waals surface area (Å²) in [5, 5.41) is 8.81. The van der Waals surface area contributed by atoms with E-state index in [-0.39, 0.29) is 17.2 Å². The van der Waals surface area contributed by atoms with Gasteiger partial charge in [-0.3, -0.25) is 0 Å². The first kappa shape index (κ1) is 11.5. The van der Waals surface area contributed by atoms with Crippen LogP contribution in [-0.2, 0) is 0 Å². The molecule has 0 aliphatic rings. The van der Waals surface area contributed by atoms with Crippen molar-refractivity contribution in [3.63, 3.8) is 0 Å². The van der Waals surface area contributed by atoms with E-state index in [0.29, 0.717) is 6.61 Å². The molecule has 1 aromatic carbocycles. The van der Waals surface area contributed by atoms with Gasteiger partial charge in [-0.05, 0) is 18.1 Å². The van der Waals surface area contributed by atoms with Crippen LogP contribution in [0.5, 0.6) is 5.75 Å². The molecule has 0 atom stereocenters. The molecule has 0 saturated carbocycles. The number of carboxylic acids is 1. The number of halogens is 1. The van der Waals surface area contributed by atoms with Crippen molar-refractivity contribution in [2.45, 2.75) is 13.8 Å². The fourth-order valence-corrected chi connectivity index (χ4v) is 1.07. The lowest BCUT2D eigenvalue weighted by Crippen LogP contribution is -2.09. The number of benzene rings is 1. The minimum Gasteiger partial charge on any atom is -0.489 e. The van der Waals surface area contributed by atoms with Crippen LogP contribution in [0.15, 0.2) is 18.2 Å². The van der Waals surface area contributed by atoms with Crippen molar-refractivity contribution < 1.29 is 19.0 Å². The Labute approximate surface area is 87.5 Å². The van der Waals surface area contributed by atoms with Crippen LogP contribution in [0.1, 0.15) is 24.2 Å². The van der Waals surface area contributed by atoms with Crippen LogP contribution in [0.2, 0.25) is 0 Å². The predicted octanol–water partition coefficient (Wildman–Crippen LogP) is 2.56. The second kappa shape index (κ2) is 4.77. The van der Waals surface area contributed by atoms with Crippen LogP contribution in [0.3, 0.4) is 0 Å². The summed E-state index contributed by atoms with van der Waals surface area (Å²) in [7, 11) is 0. The Balaban J connectivity index is 2.97. The van der Waals surface area contributed by atoms with Gasteiger partial charge in [-0.1, -0.05) is 19.9 Å². The number of hydrogen-bond donors (Lipinski definition) is 1. The van der Waals surface area contributed by atoms with Gasteiger partial charge in [0, 0.05) is 0 Å². The zero-order valence-electron chi connectivity index (χ0n) is 8.66. The summed E-state index contributed by atoms with van der Waals surface area (Å²) < 4.78 is 18.4. The second-order valence-electron chi connectivity index (χ2n) is 3.63. The molecule has 0 unspecified atom stereocenters. The molecule has 3 nitrogen and oxygen atoms in total. The monoisotopic (exact) mass is 212 g/mol. The minimum atomic E-state index is -1.19. The van der Waals surface area contributed by atoms with Gasteiger partial charge < -0.3 is 9.84 Å². The normalized spacial score (nSPS) is 10.4. The zero-order chi connectivity index (χ0) is 11.4. The van der Waals surface area contributed by atoms with E-state index in [0.717, 1.165) is 0 Å². The summed E-state index contributed by atoms with van der Waals surface area (Å²) in [5.74, 6) is -1.80. The van der Waals surface area contributed by atoms with E-state index in [4.69, 9.17) is 9.84 Å². The molecule has 1 N–H and O–H groups in total. The topological polar surface area (TPSA) is 46.5 Å². The maximum atomic E-state index is 13.3. The van der Waals surface area contributed by atoms with Gasteiger partial charge in [-0.25, -0.2) is 9.18 Å². The molecule has 0 bridgehead atoms. The first-order valence-electron chi connectivity index (χ1n) is 4.67. The van der Waals surface area contributed by atoms with Crippen molar-refractivity contribution in [1.29, 1.82) is 0 Å². The van der Waals surface area contributed by atoms with Crippen LogP contribution in [0.25, 0.3) is 0 Å². The van der Waals surface area contributed by atoms with E-state index >= 15 is 0 Å². The van der Waals surface area contributed by atoms with E-state index in [2.05, 4.69) is 0 Å². The molecule has 1 aromatic rings. The summed E-state index contributed by atoms with van der Waals surface area (Å²) in [6.07, 6.45) is 0. The van der Waals surface area contributed by atoms with Crippen LogP contribution in [0.4, 0.5) is 4.39 Å². The van der Waals surface area contributed by atoms with Crippen molar-refractivity contribution in [2.24, 2.45) is 5.92 Å². The molecular weight excluding hydrogens is 199 g/mol. The van der Waals surface area contributed by atoms with E-state index in [9.17, 15) is 9.18 Å². The molecule has 0 radical (unpaired) electrons. The van der Waals surface area contributed by atoms with E-state index < -0.39 is 11.8 Å². The van der Waals surface area contributed by atoms with E-state index in [1.807, 2.05) is 13.8 Å². The van der Waals surface area contributed by atoms with Crippen molar-refractivity contribution in [2.75, 3.05) is 6.61 Å². The maximum absolute atomic E-state index is 13.3. The molecule has 0 aromatic heterocycles. The van der Waals surface area contributed by atoms with Gasteiger partial charge in [0.15, 0.2) is 11.6 Å². The summed E-state index contributed by atoms with van der Waals surface area (Å²) >= 11 is 0. The number of ether oxygens (including phenoxy) is 1. The molecule has 0 saturated heterocycles. The third-order valence-electron chi connectivity index (χ3n) is 1.76. The molecule has 1 rings (SSSR count). The Bertz CT molecular complexity index is 361. The van der Waals surface area contributed by atoms with Gasteiger partial charge in [0.05, 0.1) is 6.61 Å². The highest BCUT2D eigenvalue weighted by molar-refractivity contribution is 5.90. The Morgan fingerprint density at radius 3 is 2.73 bits per heavy atom. The number of carboxylic acid groups (broad SMARTS) is 1. The van der Waals surface area contributed by atoms with Gasteiger partial charge in [-0.15, -0.1) is 0 Å². The average molecular weight is 212 g/mol. The van der Waals surface area contributed by atoms with Crippen molar-refractivity contribution in [3.05, 3.63) is 29.6 Å². The zero-order valence-corrected chi connectivity index (χ0v) is 8.66. The molecule has 0 heterocycles. The highest BCUT2D eigenvalue weighted by Gasteiger charge is 2.15.